The molecule has 0 radical (unpaired) electrons. The number of halogens is 2. The standard InChI is InChI=1S/C14H22F2N4O/c1-18-6-3-12(10-18)9-17-14(21)20-5-2-4-19(7-8-20)11-13(15)16/h3,6,10,13H,2,4-5,7-9,11H2,1H3,(H,17,21). The molecule has 0 aliphatic carbocycles. The van der Waals surface area contributed by atoms with E-state index in [1.807, 2.05) is 30.1 Å². The lowest BCUT2D eigenvalue weighted by Gasteiger charge is -2.22. The van der Waals surface area contributed by atoms with Gasteiger partial charge in [0.25, 0.3) is 6.43 Å². The maximum atomic E-state index is 12.4. The van der Waals surface area contributed by atoms with Gasteiger partial charge >= 0.3 is 6.03 Å². The van der Waals surface area contributed by atoms with Crippen LogP contribution in [0.5, 0.6) is 0 Å². The first-order valence-electron chi connectivity index (χ1n) is 7.18. The van der Waals surface area contributed by atoms with Gasteiger partial charge < -0.3 is 14.8 Å². The van der Waals surface area contributed by atoms with Crippen molar-refractivity contribution < 1.29 is 13.6 Å². The highest BCUT2D eigenvalue weighted by atomic mass is 19.3. The van der Waals surface area contributed by atoms with E-state index in [-0.39, 0.29) is 12.6 Å². The summed E-state index contributed by atoms with van der Waals surface area (Å²) in [5, 5.41) is 2.87. The molecule has 1 saturated heterocycles. The van der Waals surface area contributed by atoms with E-state index in [9.17, 15) is 13.6 Å². The number of nitrogens with zero attached hydrogens (tertiary/aromatic N) is 3. The molecule has 0 saturated carbocycles. The van der Waals surface area contributed by atoms with Gasteiger partial charge in [-0.05, 0) is 18.1 Å². The van der Waals surface area contributed by atoms with Crippen molar-refractivity contribution in [2.45, 2.75) is 19.4 Å². The molecular formula is C14H22F2N4O. The molecule has 2 rings (SSSR count). The molecule has 0 aromatic carbocycles. The average molecular weight is 300 g/mol. The quantitative estimate of drug-likeness (QED) is 0.915. The third kappa shape index (κ3) is 5.00. The van der Waals surface area contributed by atoms with Gasteiger partial charge in [-0.3, -0.25) is 4.90 Å². The lowest BCUT2D eigenvalue weighted by atomic mass is 10.3. The average Bonchev–Trinajstić information content (AvgIpc) is 2.70. The molecule has 0 atom stereocenters. The fraction of sp³-hybridized carbons (Fsp3) is 0.643. The van der Waals surface area contributed by atoms with Gasteiger partial charge in [0.05, 0.1) is 6.54 Å². The van der Waals surface area contributed by atoms with Crippen molar-refractivity contribution in [2.24, 2.45) is 7.05 Å². The Balaban J connectivity index is 1.77. The normalized spacial score (nSPS) is 17.0. The summed E-state index contributed by atoms with van der Waals surface area (Å²) < 4.78 is 26.7. The number of urea groups is 1. The number of alkyl halides is 2. The second-order valence-corrected chi connectivity index (χ2v) is 5.38. The van der Waals surface area contributed by atoms with E-state index in [0.717, 1.165) is 12.0 Å². The van der Waals surface area contributed by atoms with E-state index in [1.165, 1.54) is 0 Å². The SMILES string of the molecule is Cn1ccc(CNC(=O)N2CCCN(CC(F)F)CC2)c1. The second-order valence-electron chi connectivity index (χ2n) is 5.38. The Morgan fingerprint density at radius 1 is 1.33 bits per heavy atom. The minimum absolute atomic E-state index is 0.127. The molecule has 7 heteroatoms. The molecule has 21 heavy (non-hydrogen) atoms. The summed E-state index contributed by atoms with van der Waals surface area (Å²) in [7, 11) is 1.93. The van der Waals surface area contributed by atoms with Crippen molar-refractivity contribution in [2.75, 3.05) is 32.7 Å². The first-order chi connectivity index (χ1) is 10.0. The zero-order valence-corrected chi connectivity index (χ0v) is 12.3. The van der Waals surface area contributed by atoms with Crippen molar-refractivity contribution >= 4 is 6.03 Å². The predicted molar refractivity (Wildman–Crippen MR) is 76.3 cm³/mol. The highest BCUT2D eigenvalue weighted by Crippen LogP contribution is 2.06. The number of amides is 2. The molecular weight excluding hydrogens is 278 g/mol. The van der Waals surface area contributed by atoms with Crippen LogP contribution in [0, 0.1) is 0 Å². The first-order valence-corrected chi connectivity index (χ1v) is 7.18. The van der Waals surface area contributed by atoms with Gasteiger partial charge in [-0.2, -0.15) is 0 Å². The zero-order chi connectivity index (χ0) is 15.2. The Bertz CT molecular complexity index is 464. The lowest BCUT2D eigenvalue weighted by molar-refractivity contribution is 0.0904. The van der Waals surface area contributed by atoms with Crippen LogP contribution in [0.25, 0.3) is 0 Å². The van der Waals surface area contributed by atoms with Gasteiger partial charge in [0.15, 0.2) is 0 Å². The fourth-order valence-corrected chi connectivity index (χ4v) is 2.51. The summed E-state index contributed by atoms with van der Waals surface area (Å²) in [6, 6.07) is 1.82. The molecule has 0 bridgehead atoms. The molecule has 5 nitrogen and oxygen atoms in total. The third-order valence-electron chi connectivity index (χ3n) is 3.61. The van der Waals surface area contributed by atoms with Crippen LogP contribution in [0.1, 0.15) is 12.0 Å². The van der Waals surface area contributed by atoms with Crippen LogP contribution in [-0.4, -0.2) is 59.5 Å². The molecule has 1 aromatic rings. The lowest BCUT2D eigenvalue weighted by Crippen LogP contribution is -2.42. The molecule has 1 aliphatic rings. The molecule has 1 fully saturated rings. The number of aryl methyl sites for hydroxylation is 1. The van der Waals surface area contributed by atoms with E-state index in [4.69, 9.17) is 0 Å². The van der Waals surface area contributed by atoms with Gasteiger partial charge in [-0.25, -0.2) is 13.6 Å². The summed E-state index contributed by atoms with van der Waals surface area (Å²) in [5.74, 6) is 0. The van der Waals surface area contributed by atoms with Gasteiger partial charge in [-0.1, -0.05) is 0 Å². The number of hydrogen-bond acceptors (Lipinski definition) is 2. The predicted octanol–water partition coefficient (Wildman–Crippen LogP) is 1.51. The van der Waals surface area contributed by atoms with E-state index in [2.05, 4.69) is 5.32 Å². The van der Waals surface area contributed by atoms with Gasteiger partial charge in [0.2, 0.25) is 0 Å². The Kier molecular flexibility index (Phi) is 5.55. The van der Waals surface area contributed by atoms with Crippen molar-refractivity contribution in [1.82, 2.24) is 19.7 Å². The van der Waals surface area contributed by atoms with Crippen molar-refractivity contribution in [1.29, 1.82) is 0 Å². The number of carbonyl (C=O) groups excluding carboxylic acids is 1. The number of carbonyl (C=O) groups is 1. The first kappa shape index (κ1) is 15.8. The van der Waals surface area contributed by atoms with Crippen LogP contribution >= 0.6 is 0 Å². The highest BCUT2D eigenvalue weighted by molar-refractivity contribution is 5.74. The third-order valence-corrected chi connectivity index (χ3v) is 3.61. The van der Waals surface area contributed by atoms with Crippen molar-refractivity contribution in [3.63, 3.8) is 0 Å². The molecule has 1 N–H and O–H groups in total. The molecule has 1 aliphatic heterocycles. The van der Waals surface area contributed by atoms with E-state index in [0.29, 0.717) is 32.7 Å². The molecule has 1 aromatic heterocycles. The van der Waals surface area contributed by atoms with Crippen molar-refractivity contribution in [3.05, 3.63) is 24.0 Å². The largest absolute Gasteiger partial charge is 0.357 e. The number of nitrogens with one attached hydrogen (secondary N) is 1. The van der Waals surface area contributed by atoms with Crippen LogP contribution in [0.3, 0.4) is 0 Å². The van der Waals surface area contributed by atoms with Gasteiger partial charge in [0, 0.05) is 52.2 Å². The Hall–Kier alpha value is -1.63. The van der Waals surface area contributed by atoms with E-state index in [1.54, 1.807) is 9.80 Å². The monoisotopic (exact) mass is 300 g/mol. The summed E-state index contributed by atoms with van der Waals surface area (Å²) >= 11 is 0. The number of rotatable bonds is 4. The molecule has 2 heterocycles. The van der Waals surface area contributed by atoms with Crippen LogP contribution in [0.4, 0.5) is 13.6 Å². The number of hydrogen-bond donors (Lipinski definition) is 1. The summed E-state index contributed by atoms with van der Waals surface area (Å²) in [4.78, 5) is 15.5. The molecule has 0 unspecified atom stereocenters. The Morgan fingerprint density at radius 2 is 2.14 bits per heavy atom. The summed E-state index contributed by atoms with van der Waals surface area (Å²) in [5.41, 5.74) is 1.04. The maximum absolute atomic E-state index is 12.4. The Morgan fingerprint density at radius 3 is 2.81 bits per heavy atom. The van der Waals surface area contributed by atoms with Crippen molar-refractivity contribution in [3.8, 4) is 0 Å². The van der Waals surface area contributed by atoms with Crippen LogP contribution < -0.4 is 5.32 Å². The smallest absolute Gasteiger partial charge is 0.317 e. The Labute approximate surface area is 123 Å². The molecule has 2 amide bonds. The number of aromatic nitrogens is 1. The fourth-order valence-electron chi connectivity index (χ4n) is 2.51. The van der Waals surface area contributed by atoms with Gasteiger partial charge in [-0.15, -0.1) is 0 Å². The van der Waals surface area contributed by atoms with E-state index >= 15 is 0 Å². The minimum atomic E-state index is -2.32. The molecule has 0 spiro atoms. The topological polar surface area (TPSA) is 40.5 Å². The van der Waals surface area contributed by atoms with Crippen LogP contribution in [0.15, 0.2) is 18.5 Å². The van der Waals surface area contributed by atoms with Gasteiger partial charge in [0.1, 0.15) is 0 Å². The second kappa shape index (κ2) is 7.40. The highest BCUT2D eigenvalue weighted by Gasteiger charge is 2.20. The minimum Gasteiger partial charge on any atom is -0.357 e. The van der Waals surface area contributed by atoms with Crippen LogP contribution in [-0.2, 0) is 13.6 Å². The van der Waals surface area contributed by atoms with E-state index < -0.39 is 6.43 Å². The molecule has 118 valence electrons. The summed E-state index contributed by atoms with van der Waals surface area (Å²) in [6.45, 7) is 2.50. The van der Waals surface area contributed by atoms with Crippen LogP contribution in [0.2, 0.25) is 0 Å². The zero-order valence-electron chi connectivity index (χ0n) is 12.3. The maximum Gasteiger partial charge on any atom is 0.317 e. The summed E-state index contributed by atoms with van der Waals surface area (Å²) in [6.07, 6.45) is 2.29.